The number of nitrogens with one attached hydrogen (secondary N) is 2. The summed E-state index contributed by atoms with van der Waals surface area (Å²) in [4.78, 5) is 35.9. The lowest BCUT2D eigenvalue weighted by atomic mass is 9.62. The predicted octanol–water partition coefficient (Wildman–Crippen LogP) is 1.26. The first-order valence-corrected chi connectivity index (χ1v) is 7.54. The van der Waals surface area contributed by atoms with E-state index in [-0.39, 0.29) is 11.8 Å². The van der Waals surface area contributed by atoms with Crippen LogP contribution in [0, 0.1) is 30.6 Å². The lowest BCUT2D eigenvalue weighted by molar-refractivity contribution is -0.153. The van der Waals surface area contributed by atoms with Gasteiger partial charge in [-0.3, -0.25) is 25.2 Å². The van der Waals surface area contributed by atoms with E-state index in [4.69, 9.17) is 4.42 Å². The van der Waals surface area contributed by atoms with Crippen LogP contribution in [0.15, 0.2) is 28.9 Å². The van der Waals surface area contributed by atoms with E-state index in [1.165, 1.54) is 12.3 Å². The van der Waals surface area contributed by atoms with Gasteiger partial charge in [0.15, 0.2) is 0 Å². The monoisotopic (exact) mass is 318 g/mol. The molecule has 4 atom stereocenters. The van der Waals surface area contributed by atoms with Crippen molar-refractivity contribution in [1.29, 1.82) is 0 Å². The van der Waals surface area contributed by atoms with Crippen LogP contribution in [-0.2, 0) is 9.59 Å². The first-order chi connectivity index (χ1) is 11.0. The van der Waals surface area contributed by atoms with Gasteiger partial charge in [-0.05, 0) is 37.7 Å². The van der Waals surface area contributed by atoms with Gasteiger partial charge in [-0.1, -0.05) is 12.2 Å². The Bertz CT molecular complexity index is 678. The fourth-order valence-electron chi connectivity index (χ4n) is 3.58. The number of carbonyl (C=O) groups excluding carboxylic acids is 2. The second kappa shape index (κ2) is 5.91. The summed E-state index contributed by atoms with van der Waals surface area (Å²) < 4.78 is 5.04. The zero-order valence-electron chi connectivity index (χ0n) is 12.6. The number of amides is 2. The van der Waals surface area contributed by atoms with Crippen LogP contribution in [0.2, 0.25) is 0 Å². The molecule has 3 N–H and O–H groups in total. The Morgan fingerprint density at radius 1 is 1.13 bits per heavy atom. The number of hydrogen-bond acceptors (Lipinski definition) is 4. The van der Waals surface area contributed by atoms with Gasteiger partial charge in [0.1, 0.15) is 5.76 Å². The summed E-state index contributed by atoms with van der Waals surface area (Å²) >= 11 is 0. The third-order valence-electron chi connectivity index (χ3n) is 4.74. The lowest BCUT2D eigenvalue weighted by Crippen LogP contribution is -2.53. The summed E-state index contributed by atoms with van der Waals surface area (Å²) in [5, 5.41) is 9.43. The quantitative estimate of drug-likeness (QED) is 0.574. The first kappa shape index (κ1) is 15.3. The highest BCUT2D eigenvalue weighted by Crippen LogP contribution is 2.44. The molecule has 3 aliphatic rings. The zero-order valence-corrected chi connectivity index (χ0v) is 12.6. The largest absolute Gasteiger partial charge is 0.481 e. The van der Waals surface area contributed by atoms with Crippen molar-refractivity contribution in [3.63, 3.8) is 0 Å². The van der Waals surface area contributed by atoms with Crippen LogP contribution in [0.3, 0.4) is 0 Å². The van der Waals surface area contributed by atoms with Crippen molar-refractivity contribution in [1.82, 2.24) is 10.9 Å². The molecule has 7 nitrogen and oxygen atoms in total. The molecule has 0 spiro atoms. The summed E-state index contributed by atoms with van der Waals surface area (Å²) in [6, 6.07) is 1.50. The molecule has 4 rings (SSSR count). The highest BCUT2D eigenvalue weighted by atomic mass is 16.4. The number of hydrogen-bond donors (Lipinski definition) is 3. The van der Waals surface area contributed by atoms with Gasteiger partial charge in [0.05, 0.1) is 23.7 Å². The molecule has 0 radical (unpaired) electrons. The number of furan rings is 1. The second-order valence-corrected chi connectivity index (χ2v) is 6.01. The second-order valence-electron chi connectivity index (χ2n) is 6.01. The van der Waals surface area contributed by atoms with Crippen molar-refractivity contribution in [3.05, 3.63) is 35.8 Å². The zero-order chi connectivity index (χ0) is 16.6. The van der Waals surface area contributed by atoms with E-state index in [1.807, 2.05) is 12.2 Å². The maximum absolute atomic E-state index is 12.4. The molecule has 7 heteroatoms. The van der Waals surface area contributed by atoms with Crippen LogP contribution in [0.4, 0.5) is 0 Å². The molecule has 1 aromatic heterocycles. The van der Waals surface area contributed by atoms with Crippen molar-refractivity contribution in [2.45, 2.75) is 19.8 Å². The Balaban J connectivity index is 1.68. The number of rotatable bonds is 3. The van der Waals surface area contributed by atoms with Gasteiger partial charge >= 0.3 is 5.97 Å². The number of aliphatic carboxylic acids is 1. The van der Waals surface area contributed by atoms with Gasteiger partial charge in [-0.15, -0.1) is 0 Å². The van der Waals surface area contributed by atoms with E-state index in [9.17, 15) is 19.5 Å². The van der Waals surface area contributed by atoms with E-state index >= 15 is 0 Å². The van der Waals surface area contributed by atoms with Crippen LogP contribution in [0.5, 0.6) is 0 Å². The Labute approximate surface area is 132 Å². The highest BCUT2D eigenvalue weighted by Gasteiger charge is 2.48. The molecule has 1 aromatic rings. The van der Waals surface area contributed by atoms with Crippen molar-refractivity contribution in [2.75, 3.05) is 0 Å². The molecular weight excluding hydrogens is 300 g/mol. The van der Waals surface area contributed by atoms with Gasteiger partial charge in [0.2, 0.25) is 5.91 Å². The topological polar surface area (TPSA) is 109 Å². The fraction of sp³-hybridized carbons (Fsp3) is 0.438. The molecule has 0 saturated heterocycles. The van der Waals surface area contributed by atoms with Gasteiger partial charge in [0.25, 0.3) is 5.91 Å². The standard InChI is InChI=1S/C16H18N2O5/c1-8-11(6-7-23-8)14(19)17-18-15(20)12-9-2-4-10(5-3-9)13(12)16(21)22/h2,4,6-7,9-10,12-13H,3,5H2,1H3,(H,17,19)(H,18,20)(H,21,22)/t9-,10-,12+,13-/m0/s1. The smallest absolute Gasteiger partial charge is 0.307 e. The number of carboxylic acids is 1. The van der Waals surface area contributed by atoms with E-state index in [0.29, 0.717) is 11.3 Å². The number of carboxylic acid groups (broad SMARTS) is 1. The molecule has 3 aliphatic carbocycles. The maximum atomic E-state index is 12.4. The van der Waals surface area contributed by atoms with Crippen molar-refractivity contribution in [3.8, 4) is 0 Å². The molecule has 0 unspecified atom stereocenters. The third-order valence-corrected chi connectivity index (χ3v) is 4.74. The lowest BCUT2D eigenvalue weighted by Gasteiger charge is -2.41. The maximum Gasteiger partial charge on any atom is 0.307 e. The first-order valence-electron chi connectivity index (χ1n) is 7.54. The minimum atomic E-state index is -0.971. The van der Waals surface area contributed by atoms with Crippen LogP contribution in [0.1, 0.15) is 29.0 Å². The van der Waals surface area contributed by atoms with Crippen LogP contribution >= 0.6 is 0 Å². The number of allylic oxidation sites excluding steroid dienone is 2. The van der Waals surface area contributed by atoms with Crippen molar-refractivity contribution < 1.29 is 23.9 Å². The van der Waals surface area contributed by atoms with Crippen molar-refractivity contribution >= 4 is 17.8 Å². The molecule has 0 aromatic carbocycles. The van der Waals surface area contributed by atoms with Gasteiger partial charge in [-0.2, -0.15) is 0 Å². The minimum absolute atomic E-state index is 0.103. The molecular formula is C16H18N2O5. The van der Waals surface area contributed by atoms with Crippen LogP contribution < -0.4 is 10.9 Å². The highest BCUT2D eigenvalue weighted by molar-refractivity contribution is 5.96. The summed E-state index contributed by atoms with van der Waals surface area (Å²) in [6.45, 7) is 1.64. The van der Waals surface area contributed by atoms with E-state index < -0.39 is 29.6 Å². The van der Waals surface area contributed by atoms with E-state index in [0.717, 1.165) is 12.8 Å². The molecule has 1 heterocycles. The van der Waals surface area contributed by atoms with Crippen molar-refractivity contribution in [2.24, 2.45) is 23.7 Å². The molecule has 122 valence electrons. The average molecular weight is 318 g/mol. The average Bonchev–Trinajstić information content (AvgIpc) is 2.98. The Morgan fingerprint density at radius 3 is 2.30 bits per heavy atom. The number of aryl methyl sites for hydroxylation is 1. The van der Waals surface area contributed by atoms with E-state index in [2.05, 4.69) is 10.9 Å². The summed E-state index contributed by atoms with van der Waals surface area (Å²) in [6.07, 6.45) is 6.77. The van der Waals surface area contributed by atoms with Gasteiger partial charge in [0, 0.05) is 0 Å². The molecule has 23 heavy (non-hydrogen) atoms. The predicted molar refractivity (Wildman–Crippen MR) is 79.0 cm³/mol. The Hall–Kier alpha value is -2.57. The fourth-order valence-corrected chi connectivity index (χ4v) is 3.58. The summed E-state index contributed by atoms with van der Waals surface area (Å²) in [5.41, 5.74) is 5.01. The van der Waals surface area contributed by atoms with Crippen LogP contribution in [-0.4, -0.2) is 22.9 Å². The molecule has 0 aliphatic heterocycles. The molecule has 2 amide bonds. The number of fused-ring (bicyclic) bond motifs is 2. The summed E-state index contributed by atoms with van der Waals surface area (Å²) in [5.74, 6) is -3.12. The van der Waals surface area contributed by atoms with Gasteiger partial charge < -0.3 is 9.52 Å². The molecule has 1 saturated carbocycles. The normalized spacial score (nSPS) is 28.4. The summed E-state index contributed by atoms with van der Waals surface area (Å²) in [7, 11) is 0. The van der Waals surface area contributed by atoms with Crippen LogP contribution in [0.25, 0.3) is 0 Å². The number of hydrazine groups is 1. The third kappa shape index (κ3) is 2.74. The molecule has 2 bridgehead atoms. The number of carbonyl (C=O) groups is 3. The SMILES string of the molecule is Cc1occc1C(=O)NNC(=O)[C@H]1[C@@H](C(=O)O)[C@H]2C=C[C@H]1CC2. The van der Waals surface area contributed by atoms with E-state index in [1.54, 1.807) is 6.92 Å². The Morgan fingerprint density at radius 2 is 1.78 bits per heavy atom. The Kier molecular flexibility index (Phi) is 3.94. The van der Waals surface area contributed by atoms with Gasteiger partial charge in [-0.25, -0.2) is 0 Å². The minimum Gasteiger partial charge on any atom is -0.481 e. The molecule has 1 fully saturated rings.